The number of ether oxygens (including phenoxy) is 1. The molecule has 1 aromatic rings. The summed E-state index contributed by atoms with van der Waals surface area (Å²) in [6.07, 6.45) is -0.0536. The van der Waals surface area contributed by atoms with E-state index >= 15 is 0 Å². The van der Waals surface area contributed by atoms with E-state index in [2.05, 4.69) is 0 Å². The summed E-state index contributed by atoms with van der Waals surface area (Å²) in [5.74, 6) is -0.907. The fraction of sp³-hybridized carbons (Fsp3) is 0.300. The molecule has 3 N–H and O–H groups in total. The first-order valence-electron chi connectivity index (χ1n) is 4.74. The van der Waals surface area contributed by atoms with Crippen LogP contribution in [0.25, 0.3) is 0 Å². The summed E-state index contributed by atoms with van der Waals surface area (Å²) in [6, 6.07) is 5.48. The first-order valence-corrected chi connectivity index (χ1v) is 6.63. The third-order valence-electron chi connectivity index (χ3n) is 2.02. The van der Waals surface area contributed by atoms with Crippen molar-refractivity contribution < 1.29 is 23.1 Å². The standard InChI is InChI=1S/C10H13NO5S/c1-17(14,15)8-4-2-7(3-5-8)16-9(6-11)10(12)13/h2-5,9H,6,11H2,1H3,(H,12,13). The SMILES string of the molecule is CS(=O)(=O)c1ccc(OC(CN)C(=O)O)cc1. The number of sulfone groups is 1. The van der Waals surface area contributed by atoms with Gasteiger partial charge in [-0.15, -0.1) is 0 Å². The van der Waals surface area contributed by atoms with Crippen LogP contribution in [0.1, 0.15) is 0 Å². The zero-order valence-electron chi connectivity index (χ0n) is 9.16. The van der Waals surface area contributed by atoms with Crippen molar-refractivity contribution in [2.75, 3.05) is 12.8 Å². The smallest absolute Gasteiger partial charge is 0.346 e. The van der Waals surface area contributed by atoms with Gasteiger partial charge in [-0.1, -0.05) is 0 Å². The monoisotopic (exact) mass is 259 g/mol. The van der Waals surface area contributed by atoms with E-state index < -0.39 is 21.9 Å². The number of benzene rings is 1. The van der Waals surface area contributed by atoms with E-state index in [-0.39, 0.29) is 17.2 Å². The number of carboxylic acid groups (broad SMARTS) is 1. The molecule has 1 rings (SSSR count). The lowest BCUT2D eigenvalue weighted by Crippen LogP contribution is -2.34. The molecule has 6 nitrogen and oxygen atoms in total. The second-order valence-electron chi connectivity index (χ2n) is 3.42. The first-order chi connectivity index (χ1) is 7.84. The Hall–Kier alpha value is -1.60. The molecule has 1 aromatic carbocycles. The van der Waals surface area contributed by atoms with Gasteiger partial charge in [-0.2, -0.15) is 0 Å². The molecule has 0 fully saturated rings. The van der Waals surface area contributed by atoms with Crippen molar-refractivity contribution in [2.45, 2.75) is 11.0 Å². The molecule has 94 valence electrons. The van der Waals surface area contributed by atoms with Crippen LogP contribution in [0.2, 0.25) is 0 Å². The van der Waals surface area contributed by atoms with Gasteiger partial charge in [-0.3, -0.25) is 0 Å². The van der Waals surface area contributed by atoms with Crippen LogP contribution in [0.4, 0.5) is 0 Å². The van der Waals surface area contributed by atoms with Gasteiger partial charge in [0.25, 0.3) is 0 Å². The van der Waals surface area contributed by atoms with Crippen molar-refractivity contribution >= 4 is 15.8 Å². The quantitative estimate of drug-likeness (QED) is 0.763. The lowest BCUT2D eigenvalue weighted by Gasteiger charge is -2.12. The van der Waals surface area contributed by atoms with Crippen LogP contribution >= 0.6 is 0 Å². The molecule has 1 atom stereocenters. The molecule has 1 unspecified atom stereocenters. The summed E-state index contributed by atoms with van der Waals surface area (Å²) in [7, 11) is -3.27. The lowest BCUT2D eigenvalue weighted by atomic mass is 10.3. The molecule has 0 spiro atoms. The van der Waals surface area contributed by atoms with E-state index in [4.69, 9.17) is 15.6 Å². The van der Waals surface area contributed by atoms with Crippen LogP contribution in [0.15, 0.2) is 29.2 Å². The topological polar surface area (TPSA) is 107 Å². The minimum Gasteiger partial charge on any atom is -0.478 e. The maximum atomic E-state index is 11.2. The van der Waals surface area contributed by atoms with Gasteiger partial charge in [0.2, 0.25) is 6.10 Å². The predicted molar refractivity (Wildman–Crippen MR) is 60.7 cm³/mol. The number of carbonyl (C=O) groups is 1. The summed E-state index contributed by atoms with van der Waals surface area (Å²) < 4.78 is 27.4. The maximum absolute atomic E-state index is 11.2. The predicted octanol–water partition coefficient (Wildman–Crippen LogP) is -0.119. The van der Waals surface area contributed by atoms with Gasteiger partial charge in [0.1, 0.15) is 5.75 Å². The molecule has 0 aliphatic carbocycles. The van der Waals surface area contributed by atoms with Crippen LogP contribution < -0.4 is 10.5 Å². The van der Waals surface area contributed by atoms with E-state index in [0.717, 1.165) is 6.26 Å². The third-order valence-corrected chi connectivity index (χ3v) is 3.15. The third kappa shape index (κ3) is 3.72. The van der Waals surface area contributed by atoms with Crippen LogP contribution in [-0.2, 0) is 14.6 Å². The Morgan fingerprint density at radius 2 is 1.94 bits per heavy atom. The van der Waals surface area contributed by atoms with E-state index in [1.54, 1.807) is 0 Å². The second-order valence-corrected chi connectivity index (χ2v) is 5.44. The summed E-state index contributed by atoms with van der Waals surface area (Å²) in [6.45, 7) is -0.164. The molecule has 7 heteroatoms. The number of nitrogens with two attached hydrogens (primary N) is 1. The van der Waals surface area contributed by atoms with Crippen molar-refractivity contribution in [2.24, 2.45) is 5.73 Å². The molecule has 0 radical (unpaired) electrons. The molecule has 0 aromatic heterocycles. The number of aliphatic carboxylic acids is 1. The van der Waals surface area contributed by atoms with E-state index in [1.165, 1.54) is 24.3 Å². The fourth-order valence-corrected chi connectivity index (χ4v) is 1.76. The molecular formula is C10H13NO5S. The number of hydrogen-bond donors (Lipinski definition) is 2. The Balaban J connectivity index is 2.85. The van der Waals surface area contributed by atoms with Crippen molar-refractivity contribution in [3.05, 3.63) is 24.3 Å². The molecule has 0 heterocycles. The number of carboxylic acids is 1. The van der Waals surface area contributed by atoms with Gasteiger partial charge in [0.15, 0.2) is 9.84 Å². The van der Waals surface area contributed by atoms with E-state index in [0.29, 0.717) is 0 Å². The van der Waals surface area contributed by atoms with Gasteiger partial charge in [0, 0.05) is 12.8 Å². The van der Waals surface area contributed by atoms with Crippen LogP contribution in [-0.4, -0.2) is 38.4 Å². The average Bonchev–Trinajstić information content (AvgIpc) is 2.25. The Kier molecular flexibility index (Phi) is 4.08. The molecule has 0 bridgehead atoms. The van der Waals surface area contributed by atoms with Crippen LogP contribution in [0.5, 0.6) is 5.75 Å². The summed E-state index contributed by atoms with van der Waals surface area (Å²) >= 11 is 0. The van der Waals surface area contributed by atoms with E-state index in [9.17, 15) is 13.2 Å². The highest BCUT2D eigenvalue weighted by Crippen LogP contribution is 2.16. The second kappa shape index (κ2) is 5.15. The highest BCUT2D eigenvalue weighted by atomic mass is 32.2. The summed E-state index contributed by atoms with van der Waals surface area (Å²) in [4.78, 5) is 10.8. The highest BCUT2D eigenvalue weighted by Gasteiger charge is 2.17. The average molecular weight is 259 g/mol. The fourth-order valence-electron chi connectivity index (χ4n) is 1.13. The molecule has 0 aliphatic heterocycles. The van der Waals surface area contributed by atoms with Crippen LogP contribution in [0, 0.1) is 0 Å². The minimum atomic E-state index is -3.27. The van der Waals surface area contributed by atoms with Gasteiger partial charge in [0.05, 0.1) is 4.90 Å². The van der Waals surface area contributed by atoms with Crippen molar-refractivity contribution in [3.63, 3.8) is 0 Å². The minimum absolute atomic E-state index is 0.143. The van der Waals surface area contributed by atoms with Gasteiger partial charge >= 0.3 is 5.97 Å². The molecule has 17 heavy (non-hydrogen) atoms. The van der Waals surface area contributed by atoms with Gasteiger partial charge in [-0.05, 0) is 24.3 Å². The Labute approximate surface area is 98.9 Å². The van der Waals surface area contributed by atoms with Crippen LogP contribution in [0.3, 0.4) is 0 Å². The lowest BCUT2D eigenvalue weighted by molar-refractivity contribution is -0.144. The maximum Gasteiger partial charge on any atom is 0.346 e. The largest absolute Gasteiger partial charge is 0.478 e. The molecule has 0 aliphatic rings. The Morgan fingerprint density at radius 3 is 2.29 bits per heavy atom. The number of hydrogen-bond acceptors (Lipinski definition) is 5. The van der Waals surface area contributed by atoms with Gasteiger partial charge < -0.3 is 15.6 Å². The van der Waals surface area contributed by atoms with Crippen molar-refractivity contribution in [1.29, 1.82) is 0 Å². The van der Waals surface area contributed by atoms with Crippen molar-refractivity contribution in [3.8, 4) is 5.75 Å². The zero-order valence-corrected chi connectivity index (χ0v) is 9.98. The summed E-state index contributed by atoms with van der Waals surface area (Å²) in [5.41, 5.74) is 5.22. The van der Waals surface area contributed by atoms with Gasteiger partial charge in [-0.25, -0.2) is 13.2 Å². The normalized spacial score (nSPS) is 13.1. The molecule has 0 saturated carbocycles. The molecule has 0 saturated heterocycles. The Bertz CT molecular complexity index is 494. The summed E-state index contributed by atoms with van der Waals surface area (Å²) in [5, 5.41) is 8.72. The number of rotatable bonds is 5. The molecule has 0 amide bonds. The molecular weight excluding hydrogens is 246 g/mol. The van der Waals surface area contributed by atoms with E-state index in [1.807, 2.05) is 0 Å². The first kappa shape index (κ1) is 13.5. The highest BCUT2D eigenvalue weighted by molar-refractivity contribution is 7.90. The van der Waals surface area contributed by atoms with Crippen molar-refractivity contribution in [1.82, 2.24) is 0 Å². The Morgan fingerprint density at radius 1 is 1.41 bits per heavy atom. The zero-order chi connectivity index (χ0) is 13.1.